The maximum atomic E-state index is 13.2. The number of hydrogen-bond acceptors (Lipinski definition) is 6. The van der Waals surface area contributed by atoms with E-state index in [9.17, 15) is 13.6 Å². The van der Waals surface area contributed by atoms with E-state index in [4.69, 9.17) is 9.40 Å². The standard InChI is InChI=1S/C25H32F2N4O2S/c1-16-13-29-23(33-16)10-22(32)28-14-18-4-2-17(3-5-18)6-8-31-9-7-21-20(15-31)30-24(34-21)19-11-25(26,27)12-19/h13-14,17-19H,2-12,15H2,1H3/b28-14+. The number of amides is 1. The van der Waals surface area contributed by atoms with Gasteiger partial charge in [0.05, 0.1) is 16.9 Å². The van der Waals surface area contributed by atoms with Gasteiger partial charge < -0.3 is 4.42 Å². The number of alkyl halides is 2. The third-order valence-electron chi connectivity index (χ3n) is 7.41. The second-order valence-corrected chi connectivity index (χ2v) is 11.3. The van der Waals surface area contributed by atoms with Gasteiger partial charge in [-0.15, -0.1) is 11.3 Å². The van der Waals surface area contributed by atoms with Crippen LogP contribution in [-0.2, 0) is 24.2 Å². The number of hydrogen-bond donors (Lipinski definition) is 0. The van der Waals surface area contributed by atoms with Crippen LogP contribution in [0.3, 0.4) is 0 Å². The van der Waals surface area contributed by atoms with Gasteiger partial charge in [-0.05, 0) is 63.8 Å². The molecule has 0 atom stereocenters. The van der Waals surface area contributed by atoms with E-state index in [1.807, 2.05) is 13.1 Å². The molecule has 2 aromatic heterocycles. The Kier molecular flexibility index (Phi) is 6.93. The summed E-state index contributed by atoms with van der Waals surface area (Å²) in [6.45, 7) is 4.75. The summed E-state index contributed by atoms with van der Waals surface area (Å²) in [4.78, 5) is 28.7. The zero-order valence-electron chi connectivity index (χ0n) is 19.6. The van der Waals surface area contributed by atoms with E-state index in [0.29, 0.717) is 23.5 Å². The van der Waals surface area contributed by atoms with Gasteiger partial charge in [-0.25, -0.2) is 23.7 Å². The minimum atomic E-state index is -2.49. The van der Waals surface area contributed by atoms with Crippen molar-refractivity contribution in [1.29, 1.82) is 0 Å². The van der Waals surface area contributed by atoms with Gasteiger partial charge in [-0.2, -0.15) is 0 Å². The summed E-state index contributed by atoms with van der Waals surface area (Å²) < 4.78 is 31.8. The van der Waals surface area contributed by atoms with Crippen LogP contribution in [0.15, 0.2) is 15.6 Å². The van der Waals surface area contributed by atoms with Crippen LogP contribution >= 0.6 is 11.3 Å². The molecule has 34 heavy (non-hydrogen) atoms. The molecule has 1 aliphatic heterocycles. The highest BCUT2D eigenvalue weighted by atomic mass is 32.1. The van der Waals surface area contributed by atoms with Crippen molar-refractivity contribution in [2.75, 3.05) is 13.1 Å². The van der Waals surface area contributed by atoms with Gasteiger partial charge in [-0.1, -0.05) is 0 Å². The number of thiazole rings is 1. The largest absolute Gasteiger partial charge is 0.445 e. The number of aromatic nitrogens is 2. The van der Waals surface area contributed by atoms with Crippen molar-refractivity contribution in [3.8, 4) is 0 Å². The molecule has 6 nitrogen and oxygen atoms in total. The van der Waals surface area contributed by atoms with Gasteiger partial charge in [0.1, 0.15) is 12.2 Å². The third kappa shape index (κ3) is 5.79. The van der Waals surface area contributed by atoms with Gasteiger partial charge >= 0.3 is 0 Å². The maximum absolute atomic E-state index is 13.2. The Bertz CT molecular complexity index is 1030. The fraction of sp³-hybridized carbons (Fsp3) is 0.680. The number of carbonyl (C=O) groups excluding carboxylic acids is 1. The molecule has 0 saturated heterocycles. The highest BCUT2D eigenvalue weighted by Gasteiger charge is 2.47. The quantitative estimate of drug-likeness (QED) is 0.490. The van der Waals surface area contributed by atoms with Crippen LogP contribution in [0.1, 0.15) is 78.1 Å². The van der Waals surface area contributed by atoms with Crippen molar-refractivity contribution in [3.63, 3.8) is 0 Å². The molecule has 3 aliphatic rings. The van der Waals surface area contributed by atoms with Crippen LogP contribution in [0.2, 0.25) is 0 Å². The molecule has 1 amide bonds. The van der Waals surface area contributed by atoms with E-state index in [-0.39, 0.29) is 31.1 Å². The van der Waals surface area contributed by atoms with Gasteiger partial charge in [0.25, 0.3) is 5.91 Å². The molecule has 184 valence electrons. The number of rotatable bonds is 7. The predicted octanol–water partition coefficient (Wildman–Crippen LogP) is 5.35. The van der Waals surface area contributed by atoms with Gasteiger partial charge in [0.15, 0.2) is 0 Å². The summed E-state index contributed by atoms with van der Waals surface area (Å²) >= 11 is 1.66. The number of oxazole rings is 1. The Morgan fingerprint density at radius 2 is 2.12 bits per heavy atom. The first kappa shape index (κ1) is 23.7. The zero-order chi connectivity index (χ0) is 23.7. The summed E-state index contributed by atoms with van der Waals surface area (Å²) in [6, 6.07) is 0. The maximum Gasteiger partial charge on any atom is 0.254 e. The molecule has 2 saturated carbocycles. The van der Waals surface area contributed by atoms with Crippen LogP contribution in [0.25, 0.3) is 0 Å². The van der Waals surface area contributed by atoms with Gasteiger partial charge in [-0.3, -0.25) is 9.69 Å². The average molecular weight is 491 g/mol. The summed E-state index contributed by atoms with van der Waals surface area (Å²) in [5, 5.41) is 0.923. The molecule has 0 bridgehead atoms. The average Bonchev–Trinajstić information content (AvgIpc) is 3.40. The van der Waals surface area contributed by atoms with Crippen molar-refractivity contribution in [3.05, 3.63) is 33.4 Å². The third-order valence-corrected chi connectivity index (χ3v) is 8.73. The highest BCUT2D eigenvalue weighted by Crippen LogP contribution is 2.49. The molecule has 2 fully saturated rings. The molecule has 3 heterocycles. The van der Waals surface area contributed by atoms with E-state index in [1.165, 1.54) is 24.1 Å². The number of nitrogens with zero attached hydrogens (tertiary/aromatic N) is 4. The van der Waals surface area contributed by atoms with Crippen molar-refractivity contribution >= 4 is 23.5 Å². The lowest BCUT2D eigenvalue weighted by atomic mass is 9.81. The van der Waals surface area contributed by atoms with Crippen LogP contribution < -0.4 is 0 Å². The SMILES string of the molecule is Cc1cnc(CC(=O)/N=C/C2CCC(CCN3CCc4sc(C5CC(F)(F)C5)nc4C3)CC2)o1. The highest BCUT2D eigenvalue weighted by molar-refractivity contribution is 7.11. The van der Waals surface area contributed by atoms with E-state index < -0.39 is 5.92 Å². The Labute approximate surface area is 202 Å². The van der Waals surface area contributed by atoms with Crippen molar-refractivity contribution < 1.29 is 18.0 Å². The summed E-state index contributed by atoms with van der Waals surface area (Å²) in [5.41, 5.74) is 1.12. The topological polar surface area (TPSA) is 71.6 Å². The molecule has 0 spiro atoms. The summed E-state index contributed by atoms with van der Waals surface area (Å²) in [7, 11) is 0. The van der Waals surface area contributed by atoms with Crippen molar-refractivity contribution in [2.24, 2.45) is 16.8 Å². The number of halogens is 2. The molecule has 5 rings (SSSR count). The molecule has 2 aromatic rings. The first-order valence-electron chi connectivity index (χ1n) is 12.4. The second-order valence-electron chi connectivity index (χ2n) is 10.2. The smallest absolute Gasteiger partial charge is 0.254 e. The zero-order valence-corrected chi connectivity index (χ0v) is 20.5. The van der Waals surface area contributed by atoms with Crippen LogP contribution in [0.4, 0.5) is 8.78 Å². The van der Waals surface area contributed by atoms with Crippen molar-refractivity contribution in [1.82, 2.24) is 14.9 Å². The van der Waals surface area contributed by atoms with Crippen LogP contribution in [0, 0.1) is 18.8 Å². The number of carbonyl (C=O) groups is 1. The minimum Gasteiger partial charge on any atom is -0.445 e. The van der Waals surface area contributed by atoms with Gasteiger partial charge in [0, 0.05) is 42.9 Å². The number of fused-ring (bicyclic) bond motifs is 1. The Morgan fingerprint density at radius 1 is 1.32 bits per heavy atom. The van der Waals surface area contributed by atoms with E-state index in [0.717, 1.165) is 49.6 Å². The van der Waals surface area contributed by atoms with Crippen LogP contribution in [0.5, 0.6) is 0 Å². The minimum absolute atomic E-state index is 0.0362. The monoisotopic (exact) mass is 490 g/mol. The van der Waals surface area contributed by atoms with Crippen molar-refractivity contribution in [2.45, 2.75) is 83.1 Å². The lowest BCUT2D eigenvalue weighted by Gasteiger charge is -2.33. The molecular weight excluding hydrogens is 458 g/mol. The first-order chi connectivity index (χ1) is 16.3. The molecule has 2 aliphatic carbocycles. The lowest BCUT2D eigenvalue weighted by molar-refractivity contribution is -0.117. The number of aryl methyl sites for hydroxylation is 1. The molecular formula is C25H32F2N4O2S. The fourth-order valence-electron chi connectivity index (χ4n) is 5.31. The predicted molar refractivity (Wildman–Crippen MR) is 127 cm³/mol. The van der Waals surface area contributed by atoms with Crippen LogP contribution in [-0.4, -0.2) is 46.0 Å². The molecule has 0 unspecified atom stereocenters. The van der Waals surface area contributed by atoms with Gasteiger partial charge in [0.2, 0.25) is 11.8 Å². The fourth-order valence-corrected chi connectivity index (χ4v) is 6.47. The Balaban J connectivity index is 1.02. The van der Waals surface area contributed by atoms with E-state index in [2.05, 4.69) is 14.9 Å². The summed E-state index contributed by atoms with van der Waals surface area (Å²) in [5.74, 6) is -0.528. The summed E-state index contributed by atoms with van der Waals surface area (Å²) in [6.07, 6.45) is 10.1. The first-order valence-corrected chi connectivity index (χ1v) is 13.2. The number of aliphatic imine (C=N–C) groups is 1. The molecule has 0 radical (unpaired) electrons. The van der Waals surface area contributed by atoms with E-state index in [1.54, 1.807) is 17.5 Å². The molecule has 0 N–H and O–H groups in total. The lowest BCUT2D eigenvalue weighted by Crippen LogP contribution is -2.33. The Morgan fingerprint density at radius 3 is 2.82 bits per heavy atom. The molecule has 9 heteroatoms. The Hall–Kier alpha value is -2.00. The normalized spacial score (nSPS) is 25.4. The van der Waals surface area contributed by atoms with E-state index >= 15 is 0 Å². The second kappa shape index (κ2) is 9.93. The molecule has 0 aromatic carbocycles.